The third-order valence-electron chi connectivity index (χ3n) is 4.02. The van der Waals surface area contributed by atoms with Crippen LogP contribution in [0.15, 0.2) is 0 Å². The molecule has 0 bridgehead atoms. The lowest BCUT2D eigenvalue weighted by molar-refractivity contribution is 0.139. The summed E-state index contributed by atoms with van der Waals surface area (Å²) in [6.07, 6.45) is 1.90. The van der Waals surface area contributed by atoms with E-state index >= 15 is 0 Å². The summed E-state index contributed by atoms with van der Waals surface area (Å²) >= 11 is 0. The molecule has 0 spiro atoms. The zero-order chi connectivity index (χ0) is 15.9. The van der Waals surface area contributed by atoms with Gasteiger partial charge in [0.1, 0.15) is 0 Å². The molecule has 1 aliphatic rings. The number of unbranched alkanes of at least 4 members (excludes halogenated alkanes) is 1. The Morgan fingerprint density at radius 1 is 1.24 bits per heavy atom. The van der Waals surface area contributed by atoms with E-state index in [0.717, 1.165) is 45.6 Å². The van der Waals surface area contributed by atoms with Gasteiger partial charge < -0.3 is 9.80 Å². The topological polar surface area (TPSA) is 55.9 Å². The first kappa shape index (κ1) is 18.8. The fourth-order valence-electron chi connectivity index (χ4n) is 2.39. The standard InChI is InChI=1S/C14H32N4O2S/c1-5-6-7-17(4)21(19,20)15-12-14(2)13-18-10-8-16(3)9-11-18/h14-15H,5-13H2,1-4H3. The fourth-order valence-corrected chi connectivity index (χ4v) is 3.48. The summed E-state index contributed by atoms with van der Waals surface area (Å²) in [5.41, 5.74) is 0. The summed E-state index contributed by atoms with van der Waals surface area (Å²) in [5, 5.41) is 0. The molecule has 0 aliphatic carbocycles. The minimum Gasteiger partial charge on any atom is -0.304 e. The molecular formula is C14H32N4O2S. The van der Waals surface area contributed by atoms with E-state index in [2.05, 4.69) is 35.4 Å². The Labute approximate surface area is 130 Å². The van der Waals surface area contributed by atoms with Crippen LogP contribution in [-0.4, -0.2) is 82.4 Å². The maximum absolute atomic E-state index is 12.1. The molecule has 21 heavy (non-hydrogen) atoms. The lowest BCUT2D eigenvalue weighted by atomic mass is 10.1. The molecular weight excluding hydrogens is 288 g/mol. The van der Waals surface area contributed by atoms with Crippen LogP contribution in [0.25, 0.3) is 0 Å². The number of rotatable bonds is 9. The van der Waals surface area contributed by atoms with Gasteiger partial charge in [0.25, 0.3) is 10.2 Å². The predicted molar refractivity (Wildman–Crippen MR) is 87.6 cm³/mol. The summed E-state index contributed by atoms with van der Waals surface area (Å²) in [6.45, 7) is 10.5. The largest absolute Gasteiger partial charge is 0.304 e. The lowest BCUT2D eigenvalue weighted by Crippen LogP contribution is -2.47. The second-order valence-electron chi connectivity index (χ2n) is 6.24. The lowest BCUT2D eigenvalue weighted by Gasteiger charge is -2.34. The predicted octanol–water partition coefficient (Wildman–Crippen LogP) is 0.436. The highest BCUT2D eigenvalue weighted by atomic mass is 32.2. The molecule has 126 valence electrons. The van der Waals surface area contributed by atoms with Gasteiger partial charge in [0.05, 0.1) is 0 Å². The summed E-state index contributed by atoms with van der Waals surface area (Å²) in [6, 6.07) is 0. The molecule has 1 unspecified atom stereocenters. The van der Waals surface area contributed by atoms with Crippen molar-refractivity contribution in [2.75, 3.05) is 59.9 Å². The molecule has 1 rings (SSSR count). The highest BCUT2D eigenvalue weighted by Crippen LogP contribution is 2.05. The van der Waals surface area contributed by atoms with E-state index in [4.69, 9.17) is 0 Å². The van der Waals surface area contributed by atoms with Gasteiger partial charge in [0, 0.05) is 52.9 Å². The van der Waals surface area contributed by atoms with E-state index in [0.29, 0.717) is 19.0 Å². The molecule has 6 nitrogen and oxygen atoms in total. The Balaban J connectivity index is 2.29. The zero-order valence-electron chi connectivity index (χ0n) is 14.0. The average molecular weight is 321 g/mol. The van der Waals surface area contributed by atoms with Gasteiger partial charge in [0.15, 0.2) is 0 Å². The molecule has 1 N–H and O–H groups in total. The Hall–Kier alpha value is -0.210. The third kappa shape index (κ3) is 7.06. The van der Waals surface area contributed by atoms with Crippen molar-refractivity contribution in [2.45, 2.75) is 26.7 Å². The van der Waals surface area contributed by atoms with Crippen molar-refractivity contribution in [2.24, 2.45) is 5.92 Å². The van der Waals surface area contributed by atoms with Crippen LogP contribution >= 0.6 is 0 Å². The van der Waals surface area contributed by atoms with Gasteiger partial charge in [-0.3, -0.25) is 0 Å². The van der Waals surface area contributed by atoms with E-state index in [9.17, 15) is 8.42 Å². The highest BCUT2D eigenvalue weighted by molar-refractivity contribution is 7.87. The summed E-state index contributed by atoms with van der Waals surface area (Å²) < 4.78 is 28.3. The number of likely N-dealkylation sites (N-methyl/N-ethyl adjacent to an activating group) is 1. The minimum atomic E-state index is -3.32. The number of nitrogens with one attached hydrogen (secondary N) is 1. The molecule has 0 aromatic rings. The van der Waals surface area contributed by atoms with Crippen LogP contribution < -0.4 is 4.72 Å². The van der Waals surface area contributed by atoms with Crippen LogP contribution in [0.2, 0.25) is 0 Å². The number of piperazine rings is 1. The molecule has 0 aromatic heterocycles. The van der Waals surface area contributed by atoms with E-state index in [1.54, 1.807) is 7.05 Å². The van der Waals surface area contributed by atoms with Crippen molar-refractivity contribution < 1.29 is 8.42 Å². The van der Waals surface area contributed by atoms with E-state index < -0.39 is 10.2 Å². The molecule has 0 aromatic carbocycles. The van der Waals surface area contributed by atoms with Crippen molar-refractivity contribution in [1.29, 1.82) is 0 Å². The zero-order valence-corrected chi connectivity index (χ0v) is 14.8. The monoisotopic (exact) mass is 320 g/mol. The molecule has 0 radical (unpaired) electrons. The summed E-state index contributed by atoms with van der Waals surface area (Å²) in [5.74, 6) is 0.322. The molecule has 1 saturated heterocycles. The summed E-state index contributed by atoms with van der Waals surface area (Å²) in [7, 11) is 0.461. The fraction of sp³-hybridized carbons (Fsp3) is 1.00. The van der Waals surface area contributed by atoms with Crippen LogP contribution in [0.5, 0.6) is 0 Å². The van der Waals surface area contributed by atoms with Gasteiger partial charge in [-0.05, 0) is 19.4 Å². The van der Waals surface area contributed by atoms with Gasteiger partial charge in [-0.15, -0.1) is 0 Å². The molecule has 1 atom stereocenters. The van der Waals surface area contributed by atoms with Crippen LogP contribution in [0.3, 0.4) is 0 Å². The van der Waals surface area contributed by atoms with Crippen molar-refractivity contribution >= 4 is 10.2 Å². The summed E-state index contributed by atoms with van der Waals surface area (Å²) in [4.78, 5) is 4.74. The minimum absolute atomic E-state index is 0.322. The second-order valence-corrected chi connectivity index (χ2v) is 8.10. The first-order valence-electron chi connectivity index (χ1n) is 7.97. The Morgan fingerprint density at radius 2 is 1.86 bits per heavy atom. The van der Waals surface area contributed by atoms with Crippen molar-refractivity contribution in [3.8, 4) is 0 Å². The van der Waals surface area contributed by atoms with Crippen LogP contribution in [0.1, 0.15) is 26.7 Å². The highest BCUT2D eigenvalue weighted by Gasteiger charge is 2.20. The van der Waals surface area contributed by atoms with Gasteiger partial charge >= 0.3 is 0 Å². The molecule has 7 heteroatoms. The number of hydrogen-bond donors (Lipinski definition) is 1. The quantitative estimate of drug-likeness (QED) is 0.670. The molecule has 0 saturated carbocycles. The first-order valence-corrected chi connectivity index (χ1v) is 9.41. The Bertz CT molecular complexity index is 380. The number of hydrogen-bond acceptors (Lipinski definition) is 4. The van der Waals surface area contributed by atoms with E-state index in [1.807, 2.05) is 0 Å². The van der Waals surface area contributed by atoms with Gasteiger partial charge in [0.2, 0.25) is 0 Å². The van der Waals surface area contributed by atoms with Gasteiger partial charge in [-0.1, -0.05) is 20.3 Å². The molecule has 1 heterocycles. The van der Waals surface area contributed by atoms with E-state index in [1.165, 1.54) is 4.31 Å². The van der Waals surface area contributed by atoms with Crippen molar-refractivity contribution in [3.05, 3.63) is 0 Å². The van der Waals surface area contributed by atoms with Gasteiger partial charge in [-0.2, -0.15) is 12.7 Å². The molecule has 0 amide bonds. The Morgan fingerprint density at radius 3 is 2.43 bits per heavy atom. The second kappa shape index (κ2) is 9.05. The SMILES string of the molecule is CCCCN(C)S(=O)(=O)NCC(C)CN1CCN(C)CC1. The van der Waals surface area contributed by atoms with Crippen LogP contribution in [-0.2, 0) is 10.2 Å². The van der Waals surface area contributed by atoms with Gasteiger partial charge in [-0.25, -0.2) is 4.72 Å². The smallest absolute Gasteiger partial charge is 0.279 e. The van der Waals surface area contributed by atoms with Crippen LogP contribution in [0, 0.1) is 5.92 Å². The Kier molecular flexibility index (Phi) is 8.12. The van der Waals surface area contributed by atoms with E-state index in [-0.39, 0.29) is 0 Å². The molecule has 1 aliphatic heterocycles. The maximum Gasteiger partial charge on any atom is 0.279 e. The molecule has 1 fully saturated rings. The third-order valence-corrected chi connectivity index (χ3v) is 5.55. The first-order chi connectivity index (χ1) is 9.85. The normalized spacial score (nSPS) is 20.0. The number of nitrogens with zero attached hydrogens (tertiary/aromatic N) is 3. The average Bonchev–Trinajstić information content (AvgIpc) is 2.45. The van der Waals surface area contributed by atoms with Crippen molar-refractivity contribution in [1.82, 2.24) is 18.8 Å². The maximum atomic E-state index is 12.1. The van der Waals surface area contributed by atoms with Crippen LogP contribution in [0.4, 0.5) is 0 Å². The van der Waals surface area contributed by atoms with Crippen molar-refractivity contribution in [3.63, 3.8) is 0 Å².